The van der Waals surface area contributed by atoms with Crippen LogP contribution in [0, 0.1) is 23.7 Å². The van der Waals surface area contributed by atoms with Crippen molar-refractivity contribution in [2.45, 2.75) is 86.0 Å². The normalized spacial score (nSPS) is 17.6. The van der Waals surface area contributed by atoms with E-state index in [2.05, 4.69) is 45.7 Å². The summed E-state index contributed by atoms with van der Waals surface area (Å²) in [5, 5.41) is 9.61. The van der Waals surface area contributed by atoms with Crippen LogP contribution in [0.4, 0.5) is 5.69 Å². The Morgan fingerprint density at radius 2 is 1.83 bits per heavy atom. The van der Waals surface area contributed by atoms with Crippen molar-refractivity contribution in [3.05, 3.63) is 21.4 Å². The fourth-order valence-corrected chi connectivity index (χ4v) is 4.23. The standard InChI is InChI=1S/C23H34BrN3O3/c1-14(2)29-21(28)20(30-22(4,5)6)17-15(3)26-16(13-25)18(24)19(17)27-11-9-23(7,8)10-12-27/h14,20H,9-12H2,1-8H3. The van der Waals surface area contributed by atoms with Crippen LogP contribution in [0.3, 0.4) is 0 Å². The van der Waals surface area contributed by atoms with E-state index in [4.69, 9.17) is 9.47 Å². The molecule has 0 amide bonds. The molecule has 2 rings (SSSR count). The zero-order valence-corrected chi connectivity index (χ0v) is 21.0. The molecule has 1 atom stereocenters. The molecule has 1 unspecified atom stereocenters. The van der Waals surface area contributed by atoms with Crippen LogP contribution in [0.5, 0.6) is 0 Å². The van der Waals surface area contributed by atoms with Crippen LogP contribution in [0.1, 0.15) is 84.4 Å². The number of rotatable bonds is 5. The Hall–Kier alpha value is -1.65. The Balaban J connectivity index is 2.66. The van der Waals surface area contributed by atoms with E-state index in [0.29, 0.717) is 21.4 Å². The fourth-order valence-electron chi connectivity index (χ4n) is 3.58. The number of nitrogens with zero attached hydrogens (tertiary/aromatic N) is 3. The Bertz CT molecular complexity index is 828. The number of carbonyl (C=O) groups is 1. The molecule has 1 saturated heterocycles. The fraction of sp³-hybridized carbons (Fsp3) is 0.696. The first-order valence-electron chi connectivity index (χ1n) is 10.5. The van der Waals surface area contributed by atoms with Gasteiger partial charge in [0.1, 0.15) is 6.07 Å². The summed E-state index contributed by atoms with van der Waals surface area (Å²) in [6.45, 7) is 17.4. The van der Waals surface area contributed by atoms with Gasteiger partial charge in [-0.1, -0.05) is 13.8 Å². The summed E-state index contributed by atoms with van der Waals surface area (Å²) >= 11 is 3.60. The Morgan fingerprint density at radius 3 is 2.30 bits per heavy atom. The molecule has 2 heterocycles. The molecule has 1 aliphatic heterocycles. The molecule has 1 aliphatic rings. The first kappa shape index (κ1) is 24.6. The number of ether oxygens (including phenoxy) is 2. The SMILES string of the molecule is Cc1nc(C#N)c(Br)c(N2CCC(C)(C)CC2)c1C(OC(C)(C)C)C(=O)OC(C)C. The van der Waals surface area contributed by atoms with E-state index < -0.39 is 17.7 Å². The van der Waals surface area contributed by atoms with Crippen molar-refractivity contribution < 1.29 is 14.3 Å². The first-order chi connectivity index (χ1) is 13.8. The van der Waals surface area contributed by atoms with Crippen LogP contribution >= 0.6 is 15.9 Å². The smallest absolute Gasteiger partial charge is 0.340 e. The van der Waals surface area contributed by atoms with E-state index in [1.165, 1.54) is 0 Å². The van der Waals surface area contributed by atoms with Crippen LogP contribution < -0.4 is 4.90 Å². The second-order valence-electron chi connectivity index (χ2n) is 9.98. The van der Waals surface area contributed by atoms with Gasteiger partial charge in [0.2, 0.25) is 0 Å². The number of aromatic nitrogens is 1. The van der Waals surface area contributed by atoms with Gasteiger partial charge in [-0.05, 0) is 75.7 Å². The second kappa shape index (κ2) is 9.23. The monoisotopic (exact) mass is 479 g/mol. The third-order valence-corrected chi connectivity index (χ3v) is 5.93. The topological polar surface area (TPSA) is 75.5 Å². The van der Waals surface area contributed by atoms with Gasteiger partial charge >= 0.3 is 5.97 Å². The maximum Gasteiger partial charge on any atom is 0.340 e. The second-order valence-corrected chi connectivity index (χ2v) is 10.8. The minimum absolute atomic E-state index is 0.265. The number of halogens is 1. The quantitative estimate of drug-likeness (QED) is 0.521. The highest BCUT2D eigenvalue weighted by Gasteiger charge is 2.37. The highest BCUT2D eigenvalue weighted by atomic mass is 79.9. The van der Waals surface area contributed by atoms with Crippen molar-refractivity contribution in [1.82, 2.24) is 4.98 Å². The molecule has 0 aliphatic carbocycles. The molecule has 1 fully saturated rings. The lowest BCUT2D eigenvalue weighted by molar-refractivity contribution is -0.171. The number of pyridine rings is 1. The average Bonchev–Trinajstić information content (AvgIpc) is 2.60. The minimum Gasteiger partial charge on any atom is -0.461 e. The Morgan fingerprint density at radius 1 is 1.27 bits per heavy atom. The lowest BCUT2D eigenvalue weighted by Crippen LogP contribution is -2.39. The number of esters is 1. The average molecular weight is 480 g/mol. The lowest BCUT2D eigenvalue weighted by atomic mass is 9.82. The predicted molar refractivity (Wildman–Crippen MR) is 121 cm³/mol. The van der Waals surface area contributed by atoms with Gasteiger partial charge in [-0.2, -0.15) is 5.26 Å². The molecule has 0 aromatic carbocycles. The van der Waals surface area contributed by atoms with E-state index in [1.807, 2.05) is 41.5 Å². The van der Waals surface area contributed by atoms with Crippen molar-refractivity contribution in [3.8, 4) is 6.07 Å². The van der Waals surface area contributed by atoms with Crippen LogP contribution in [-0.4, -0.2) is 35.7 Å². The molecule has 1 aromatic heterocycles. The van der Waals surface area contributed by atoms with Crippen LogP contribution in [0.2, 0.25) is 0 Å². The van der Waals surface area contributed by atoms with Crippen molar-refractivity contribution >= 4 is 27.6 Å². The van der Waals surface area contributed by atoms with Crippen molar-refractivity contribution in [2.24, 2.45) is 5.41 Å². The van der Waals surface area contributed by atoms with Gasteiger partial charge in [0.25, 0.3) is 0 Å². The minimum atomic E-state index is -0.936. The molecule has 7 heteroatoms. The molecular formula is C23H34BrN3O3. The van der Waals surface area contributed by atoms with E-state index in [0.717, 1.165) is 31.6 Å². The van der Waals surface area contributed by atoms with E-state index in [1.54, 1.807) is 0 Å². The highest BCUT2D eigenvalue weighted by Crippen LogP contribution is 2.43. The lowest BCUT2D eigenvalue weighted by Gasteiger charge is -2.40. The summed E-state index contributed by atoms with van der Waals surface area (Å²) in [4.78, 5) is 19.8. The number of carbonyl (C=O) groups excluding carboxylic acids is 1. The number of hydrogen-bond donors (Lipinski definition) is 0. The summed E-state index contributed by atoms with van der Waals surface area (Å²) in [6, 6.07) is 2.17. The Kier molecular flexibility index (Phi) is 7.58. The number of anilines is 1. The highest BCUT2D eigenvalue weighted by molar-refractivity contribution is 9.10. The molecule has 30 heavy (non-hydrogen) atoms. The van der Waals surface area contributed by atoms with E-state index in [9.17, 15) is 10.1 Å². The van der Waals surface area contributed by atoms with Gasteiger partial charge in [-0.25, -0.2) is 9.78 Å². The Labute approximate surface area is 189 Å². The third-order valence-electron chi connectivity index (χ3n) is 5.18. The van der Waals surface area contributed by atoms with E-state index >= 15 is 0 Å². The number of nitriles is 1. The third kappa shape index (κ3) is 5.95. The summed E-state index contributed by atoms with van der Waals surface area (Å²) in [5.74, 6) is -0.444. The molecule has 0 bridgehead atoms. The number of hydrogen-bond acceptors (Lipinski definition) is 6. The van der Waals surface area contributed by atoms with Gasteiger partial charge in [0, 0.05) is 24.3 Å². The summed E-state index contributed by atoms with van der Waals surface area (Å²) in [7, 11) is 0. The molecule has 0 spiro atoms. The van der Waals surface area contributed by atoms with Crippen molar-refractivity contribution in [1.29, 1.82) is 5.26 Å². The van der Waals surface area contributed by atoms with Gasteiger partial charge < -0.3 is 14.4 Å². The molecule has 166 valence electrons. The summed E-state index contributed by atoms with van der Waals surface area (Å²) in [5.41, 5.74) is 2.08. The van der Waals surface area contributed by atoms with E-state index in [-0.39, 0.29) is 11.5 Å². The van der Waals surface area contributed by atoms with Gasteiger partial charge in [0.05, 0.1) is 21.9 Å². The van der Waals surface area contributed by atoms with Crippen LogP contribution in [0.25, 0.3) is 0 Å². The summed E-state index contributed by atoms with van der Waals surface area (Å²) < 4.78 is 12.4. The molecular weight excluding hydrogens is 446 g/mol. The maximum atomic E-state index is 13.1. The van der Waals surface area contributed by atoms with Crippen molar-refractivity contribution in [2.75, 3.05) is 18.0 Å². The van der Waals surface area contributed by atoms with Gasteiger partial charge in [-0.3, -0.25) is 0 Å². The van der Waals surface area contributed by atoms with Crippen LogP contribution in [0.15, 0.2) is 4.47 Å². The van der Waals surface area contributed by atoms with Gasteiger partial charge in [-0.15, -0.1) is 0 Å². The zero-order valence-electron chi connectivity index (χ0n) is 19.4. The molecule has 0 saturated carbocycles. The zero-order chi connectivity index (χ0) is 22.9. The molecule has 1 aromatic rings. The maximum absolute atomic E-state index is 13.1. The van der Waals surface area contributed by atoms with Crippen LogP contribution in [-0.2, 0) is 14.3 Å². The molecule has 6 nitrogen and oxygen atoms in total. The van der Waals surface area contributed by atoms with Gasteiger partial charge in [0.15, 0.2) is 11.8 Å². The largest absolute Gasteiger partial charge is 0.461 e. The molecule has 0 N–H and O–H groups in total. The number of piperidine rings is 1. The number of aryl methyl sites for hydroxylation is 1. The molecule has 0 radical (unpaired) electrons. The van der Waals surface area contributed by atoms with Crippen molar-refractivity contribution in [3.63, 3.8) is 0 Å². The first-order valence-corrected chi connectivity index (χ1v) is 11.3. The predicted octanol–water partition coefficient (Wildman–Crippen LogP) is 5.46. The summed E-state index contributed by atoms with van der Waals surface area (Å²) in [6.07, 6.45) is 0.832.